The Bertz CT molecular complexity index is 677. The Kier molecular flexibility index (Phi) is 4.54. The highest BCUT2D eigenvalue weighted by molar-refractivity contribution is 6.44. The first-order valence-corrected chi connectivity index (χ1v) is 6.71. The predicted octanol–water partition coefficient (Wildman–Crippen LogP) is 5.43. The highest BCUT2D eigenvalue weighted by atomic mass is 35.5. The van der Waals surface area contributed by atoms with Crippen molar-refractivity contribution in [2.75, 3.05) is 0 Å². The smallest absolute Gasteiger partial charge is 0.0790 e. The van der Waals surface area contributed by atoms with Crippen LogP contribution in [-0.4, -0.2) is 4.98 Å². The number of rotatable bonds is 2. The van der Waals surface area contributed by atoms with Gasteiger partial charge in [-0.05, 0) is 24.3 Å². The number of benzene rings is 1. The lowest BCUT2D eigenvalue weighted by atomic mass is 10.1. The fourth-order valence-electron chi connectivity index (χ4n) is 1.55. The molecule has 0 amide bonds. The van der Waals surface area contributed by atoms with Crippen LogP contribution in [0.5, 0.6) is 0 Å². The molecule has 0 aliphatic rings. The number of nitriles is 1. The minimum atomic E-state index is 0.131. The second-order valence-corrected chi connectivity index (χ2v) is 5.33. The molecule has 19 heavy (non-hydrogen) atoms. The lowest BCUT2D eigenvalue weighted by Crippen LogP contribution is -1.93. The molecule has 0 spiro atoms. The second-order valence-electron chi connectivity index (χ2n) is 3.71. The van der Waals surface area contributed by atoms with Crippen LogP contribution in [0.1, 0.15) is 5.69 Å². The summed E-state index contributed by atoms with van der Waals surface area (Å²) in [5.41, 5.74) is 1.74. The number of hydrogen-bond acceptors (Lipinski definition) is 2. The number of nitrogens with zero attached hydrogens (tertiary/aromatic N) is 2. The minimum Gasteiger partial charge on any atom is -0.250 e. The van der Waals surface area contributed by atoms with E-state index in [1.807, 2.05) is 6.07 Å². The summed E-state index contributed by atoms with van der Waals surface area (Å²) in [4.78, 5) is 4.32. The zero-order valence-corrected chi connectivity index (χ0v) is 12.4. The van der Waals surface area contributed by atoms with Crippen molar-refractivity contribution in [3.63, 3.8) is 0 Å². The van der Waals surface area contributed by atoms with Crippen LogP contribution >= 0.6 is 46.4 Å². The van der Waals surface area contributed by atoms with Crippen LogP contribution in [0.4, 0.5) is 0 Å². The molecule has 0 radical (unpaired) electrons. The van der Waals surface area contributed by atoms with Crippen LogP contribution in [0.2, 0.25) is 20.1 Å². The maximum Gasteiger partial charge on any atom is 0.0790 e. The first-order chi connectivity index (χ1) is 9.02. The Morgan fingerprint density at radius 3 is 2.32 bits per heavy atom. The van der Waals surface area contributed by atoms with E-state index in [1.54, 1.807) is 24.3 Å². The van der Waals surface area contributed by atoms with Crippen molar-refractivity contribution in [3.05, 3.63) is 50.0 Å². The van der Waals surface area contributed by atoms with Crippen molar-refractivity contribution in [1.82, 2.24) is 4.98 Å². The molecule has 0 saturated heterocycles. The summed E-state index contributed by atoms with van der Waals surface area (Å²) in [6, 6.07) is 8.60. The Morgan fingerprint density at radius 2 is 1.63 bits per heavy atom. The van der Waals surface area contributed by atoms with Crippen LogP contribution in [0.25, 0.3) is 11.3 Å². The second kappa shape index (κ2) is 5.98. The van der Waals surface area contributed by atoms with Crippen LogP contribution in [-0.2, 0) is 6.42 Å². The normalized spacial score (nSPS) is 10.3. The number of aromatic nitrogens is 1. The van der Waals surface area contributed by atoms with Gasteiger partial charge in [0.2, 0.25) is 0 Å². The summed E-state index contributed by atoms with van der Waals surface area (Å²) in [5, 5.41) is 10.4. The number of hydrogen-bond donors (Lipinski definition) is 0. The Morgan fingerprint density at radius 1 is 0.947 bits per heavy atom. The van der Waals surface area contributed by atoms with Crippen molar-refractivity contribution in [2.24, 2.45) is 0 Å². The van der Waals surface area contributed by atoms with Gasteiger partial charge in [0, 0.05) is 5.56 Å². The molecule has 0 saturated carbocycles. The standard InChI is InChI=1S/C13H6Cl4N2/c14-8-1-2-12(19-13(8)3-4-18)7-5-10(16)11(17)6-9(7)15/h1-2,5-6H,3H2. The minimum absolute atomic E-state index is 0.131. The molecule has 1 heterocycles. The number of halogens is 4. The molecule has 2 rings (SSSR count). The van der Waals surface area contributed by atoms with Crippen LogP contribution in [0, 0.1) is 11.3 Å². The topological polar surface area (TPSA) is 36.7 Å². The lowest BCUT2D eigenvalue weighted by molar-refractivity contribution is 1.12. The summed E-state index contributed by atoms with van der Waals surface area (Å²) in [6.07, 6.45) is 0.131. The molecule has 0 N–H and O–H groups in total. The summed E-state index contributed by atoms with van der Waals surface area (Å²) in [7, 11) is 0. The summed E-state index contributed by atoms with van der Waals surface area (Å²) in [5.74, 6) is 0. The first kappa shape index (κ1) is 14.4. The molecule has 1 aromatic heterocycles. The molecule has 2 nitrogen and oxygen atoms in total. The highest BCUT2D eigenvalue weighted by Gasteiger charge is 2.11. The summed E-state index contributed by atoms with van der Waals surface area (Å²) < 4.78 is 0. The first-order valence-electron chi connectivity index (χ1n) is 5.20. The van der Waals surface area contributed by atoms with Crippen molar-refractivity contribution in [2.45, 2.75) is 6.42 Å². The van der Waals surface area contributed by atoms with Crippen LogP contribution < -0.4 is 0 Å². The molecule has 1 aromatic carbocycles. The molecule has 0 bridgehead atoms. The zero-order valence-electron chi connectivity index (χ0n) is 9.42. The third-order valence-corrected chi connectivity index (χ3v) is 3.83. The van der Waals surface area contributed by atoms with Gasteiger partial charge in [-0.25, -0.2) is 0 Å². The SMILES string of the molecule is N#CCc1nc(-c2cc(Cl)c(Cl)cc2Cl)ccc1Cl. The van der Waals surface area contributed by atoms with Crippen molar-refractivity contribution >= 4 is 46.4 Å². The predicted molar refractivity (Wildman–Crippen MR) is 79.0 cm³/mol. The van der Waals surface area contributed by atoms with E-state index in [0.717, 1.165) is 0 Å². The van der Waals surface area contributed by atoms with E-state index in [0.29, 0.717) is 37.0 Å². The Balaban J connectivity index is 2.57. The summed E-state index contributed by atoms with van der Waals surface area (Å²) >= 11 is 23.9. The fraction of sp³-hybridized carbons (Fsp3) is 0.0769. The van der Waals surface area contributed by atoms with E-state index in [4.69, 9.17) is 51.7 Å². The lowest BCUT2D eigenvalue weighted by Gasteiger charge is -2.08. The van der Waals surface area contributed by atoms with E-state index in [9.17, 15) is 0 Å². The van der Waals surface area contributed by atoms with Gasteiger partial charge in [0.25, 0.3) is 0 Å². The molecule has 2 aromatic rings. The molecule has 96 valence electrons. The average molecular weight is 332 g/mol. The maximum atomic E-state index is 8.73. The average Bonchev–Trinajstić information content (AvgIpc) is 2.37. The molecule has 6 heteroatoms. The van der Waals surface area contributed by atoms with Crippen LogP contribution in [0.3, 0.4) is 0 Å². The van der Waals surface area contributed by atoms with E-state index in [-0.39, 0.29) is 6.42 Å². The molecule has 0 atom stereocenters. The van der Waals surface area contributed by atoms with Gasteiger partial charge in [0.15, 0.2) is 0 Å². The van der Waals surface area contributed by atoms with Gasteiger partial charge in [-0.15, -0.1) is 0 Å². The molecule has 0 fully saturated rings. The van der Waals surface area contributed by atoms with Crippen LogP contribution in [0.15, 0.2) is 24.3 Å². The largest absolute Gasteiger partial charge is 0.250 e. The molecule has 0 unspecified atom stereocenters. The van der Waals surface area contributed by atoms with Gasteiger partial charge < -0.3 is 0 Å². The summed E-state index contributed by atoms with van der Waals surface area (Å²) in [6.45, 7) is 0. The van der Waals surface area contributed by atoms with Gasteiger partial charge in [-0.1, -0.05) is 46.4 Å². The molecular weight excluding hydrogens is 326 g/mol. The van der Waals surface area contributed by atoms with E-state index in [2.05, 4.69) is 4.98 Å². The monoisotopic (exact) mass is 330 g/mol. The van der Waals surface area contributed by atoms with Crippen molar-refractivity contribution in [1.29, 1.82) is 5.26 Å². The Hall–Kier alpha value is -0.980. The highest BCUT2D eigenvalue weighted by Crippen LogP contribution is 2.35. The van der Waals surface area contributed by atoms with Crippen molar-refractivity contribution < 1.29 is 0 Å². The van der Waals surface area contributed by atoms with Gasteiger partial charge in [-0.2, -0.15) is 5.26 Å². The zero-order chi connectivity index (χ0) is 14.0. The molecule has 0 aliphatic carbocycles. The van der Waals surface area contributed by atoms with E-state index < -0.39 is 0 Å². The fourth-order valence-corrected chi connectivity index (χ4v) is 2.37. The maximum absolute atomic E-state index is 8.73. The van der Waals surface area contributed by atoms with E-state index >= 15 is 0 Å². The Labute approximate surface area is 130 Å². The van der Waals surface area contributed by atoms with Gasteiger partial charge in [0.05, 0.1) is 44.0 Å². The van der Waals surface area contributed by atoms with Gasteiger partial charge in [0.1, 0.15) is 0 Å². The molecule has 0 aliphatic heterocycles. The van der Waals surface area contributed by atoms with Crippen molar-refractivity contribution in [3.8, 4) is 17.3 Å². The third-order valence-electron chi connectivity index (χ3n) is 2.45. The van der Waals surface area contributed by atoms with E-state index in [1.165, 1.54) is 0 Å². The quantitative estimate of drug-likeness (QED) is 0.688. The number of pyridine rings is 1. The molecular formula is C13H6Cl4N2. The third kappa shape index (κ3) is 3.13. The van der Waals surface area contributed by atoms with Gasteiger partial charge >= 0.3 is 0 Å². The van der Waals surface area contributed by atoms with Gasteiger partial charge in [-0.3, -0.25) is 4.98 Å².